The lowest BCUT2D eigenvalue weighted by atomic mass is 10.0. The number of halogens is 1. The first-order chi connectivity index (χ1) is 9.54. The van der Waals surface area contributed by atoms with Gasteiger partial charge in [-0.2, -0.15) is 0 Å². The smallest absolute Gasteiger partial charge is 0.303 e. The zero-order valence-corrected chi connectivity index (χ0v) is 12.6. The lowest BCUT2D eigenvalue weighted by Crippen LogP contribution is -2.32. The molecule has 0 aromatic heterocycles. The van der Waals surface area contributed by atoms with Gasteiger partial charge in [0.05, 0.1) is 0 Å². The summed E-state index contributed by atoms with van der Waals surface area (Å²) in [5.74, 6) is -0.142. The van der Waals surface area contributed by atoms with Crippen molar-refractivity contribution in [3.8, 4) is 0 Å². The minimum atomic E-state index is -0.683. The Labute approximate surface area is 125 Å². The number of carboxylic acids is 1. The van der Waals surface area contributed by atoms with E-state index in [1.165, 1.54) is 5.56 Å². The first-order valence-corrected chi connectivity index (χ1v) is 7.62. The molecule has 2 atom stereocenters. The van der Waals surface area contributed by atoms with Gasteiger partial charge in [-0.15, -0.1) is 0 Å². The van der Waals surface area contributed by atoms with E-state index in [9.17, 15) is 4.79 Å². The highest BCUT2D eigenvalue weighted by Gasteiger charge is 2.26. The third-order valence-corrected chi connectivity index (χ3v) is 4.40. The highest BCUT2D eigenvalue weighted by molar-refractivity contribution is 6.30. The summed E-state index contributed by atoms with van der Waals surface area (Å²) in [5.41, 5.74) is 1.30. The molecule has 1 saturated heterocycles. The molecule has 1 aliphatic heterocycles. The van der Waals surface area contributed by atoms with Gasteiger partial charge in [0, 0.05) is 24.0 Å². The van der Waals surface area contributed by atoms with Crippen LogP contribution in [0.4, 0.5) is 0 Å². The number of likely N-dealkylation sites (tertiary alicyclic amines) is 1. The molecule has 0 bridgehead atoms. The molecular formula is C16H22ClNO2. The molecule has 3 nitrogen and oxygen atoms in total. The quantitative estimate of drug-likeness (QED) is 0.874. The van der Waals surface area contributed by atoms with Gasteiger partial charge in [-0.3, -0.25) is 4.79 Å². The van der Waals surface area contributed by atoms with Crippen molar-refractivity contribution in [3.63, 3.8) is 0 Å². The first-order valence-electron chi connectivity index (χ1n) is 7.25. The third-order valence-electron chi connectivity index (χ3n) is 4.15. The van der Waals surface area contributed by atoms with Gasteiger partial charge in [0.2, 0.25) is 0 Å². The van der Waals surface area contributed by atoms with Crippen molar-refractivity contribution in [1.29, 1.82) is 0 Å². The maximum absolute atomic E-state index is 10.6. The molecule has 2 unspecified atom stereocenters. The summed E-state index contributed by atoms with van der Waals surface area (Å²) in [6, 6.07) is 8.52. The van der Waals surface area contributed by atoms with E-state index in [4.69, 9.17) is 16.7 Å². The van der Waals surface area contributed by atoms with Gasteiger partial charge in [0.15, 0.2) is 0 Å². The van der Waals surface area contributed by atoms with E-state index in [1.54, 1.807) is 0 Å². The van der Waals surface area contributed by atoms with Crippen LogP contribution in [-0.2, 0) is 11.2 Å². The minimum absolute atomic E-state index is 0.296. The van der Waals surface area contributed by atoms with Crippen molar-refractivity contribution in [2.75, 3.05) is 13.1 Å². The number of aliphatic carboxylic acids is 1. The van der Waals surface area contributed by atoms with Crippen molar-refractivity contribution in [2.45, 2.75) is 38.6 Å². The number of carboxylic acid groups (broad SMARTS) is 1. The van der Waals surface area contributed by atoms with E-state index in [1.807, 2.05) is 12.1 Å². The second-order valence-electron chi connectivity index (χ2n) is 5.76. The van der Waals surface area contributed by atoms with Crippen molar-refractivity contribution in [2.24, 2.45) is 5.92 Å². The molecule has 110 valence electrons. The fourth-order valence-electron chi connectivity index (χ4n) is 2.92. The van der Waals surface area contributed by atoms with Crippen LogP contribution in [-0.4, -0.2) is 35.1 Å². The first kappa shape index (κ1) is 15.3. The van der Waals surface area contributed by atoms with E-state index in [2.05, 4.69) is 24.0 Å². The van der Waals surface area contributed by atoms with Crippen LogP contribution in [0.25, 0.3) is 0 Å². The van der Waals surface area contributed by atoms with E-state index >= 15 is 0 Å². The fraction of sp³-hybridized carbons (Fsp3) is 0.562. The molecule has 1 aliphatic rings. The number of rotatable bonds is 6. The minimum Gasteiger partial charge on any atom is -0.481 e. The van der Waals surface area contributed by atoms with Crippen LogP contribution in [0.15, 0.2) is 24.3 Å². The van der Waals surface area contributed by atoms with Crippen molar-refractivity contribution >= 4 is 17.6 Å². The van der Waals surface area contributed by atoms with Crippen LogP contribution in [0.1, 0.15) is 31.7 Å². The van der Waals surface area contributed by atoms with Gasteiger partial charge in [-0.25, -0.2) is 0 Å². The molecule has 4 heteroatoms. The molecule has 1 aromatic carbocycles. The van der Waals surface area contributed by atoms with Crippen LogP contribution < -0.4 is 0 Å². The molecule has 20 heavy (non-hydrogen) atoms. The number of carbonyl (C=O) groups is 1. The molecule has 1 heterocycles. The van der Waals surface area contributed by atoms with E-state index in [-0.39, 0.29) is 0 Å². The number of benzene rings is 1. The molecular weight excluding hydrogens is 274 g/mol. The molecule has 0 amide bonds. The second kappa shape index (κ2) is 7.09. The van der Waals surface area contributed by atoms with Crippen molar-refractivity contribution in [1.82, 2.24) is 4.90 Å². The summed E-state index contributed by atoms with van der Waals surface area (Å²) in [5, 5.41) is 9.52. The Morgan fingerprint density at radius 2 is 2.15 bits per heavy atom. The summed E-state index contributed by atoms with van der Waals surface area (Å²) in [6.45, 7) is 4.36. The Morgan fingerprint density at radius 3 is 2.80 bits per heavy atom. The van der Waals surface area contributed by atoms with E-state index in [0.717, 1.165) is 37.4 Å². The summed E-state index contributed by atoms with van der Waals surface area (Å²) >= 11 is 5.90. The summed E-state index contributed by atoms with van der Waals surface area (Å²) in [7, 11) is 0. The molecule has 0 spiro atoms. The third kappa shape index (κ3) is 4.50. The molecule has 1 aromatic rings. The topological polar surface area (TPSA) is 40.5 Å². The summed E-state index contributed by atoms with van der Waals surface area (Å²) in [4.78, 5) is 13.1. The average molecular weight is 296 g/mol. The van der Waals surface area contributed by atoms with Gasteiger partial charge in [0.1, 0.15) is 0 Å². The Balaban J connectivity index is 1.80. The predicted octanol–water partition coefficient (Wildman–Crippen LogP) is 3.46. The average Bonchev–Trinajstić information content (AvgIpc) is 2.88. The predicted molar refractivity (Wildman–Crippen MR) is 81.2 cm³/mol. The second-order valence-corrected chi connectivity index (χ2v) is 6.20. The van der Waals surface area contributed by atoms with Crippen molar-refractivity contribution in [3.05, 3.63) is 34.9 Å². The monoisotopic (exact) mass is 295 g/mol. The zero-order valence-electron chi connectivity index (χ0n) is 11.9. The van der Waals surface area contributed by atoms with E-state index in [0.29, 0.717) is 18.4 Å². The molecule has 1 fully saturated rings. The molecule has 2 rings (SSSR count). The van der Waals surface area contributed by atoms with Crippen LogP contribution in [0.3, 0.4) is 0 Å². The normalized spacial score (nSPS) is 21.0. The van der Waals surface area contributed by atoms with Crippen molar-refractivity contribution < 1.29 is 9.90 Å². The zero-order chi connectivity index (χ0) is 14.5. The van der Waals surface area contributed by atoms with Crippen LogP contribution in [0.2, 0.25) is 5.02 Å². The number of hydrogen-bond donors (Lipinski definition) is 1. The van der Waals surface area contributed by atoms with Crippen LogP contribution >= 0.6 is 11.6 Å². The van der Waals surface area contributed by atoms with E-state index < -0.39 is 5.97 Å². The van der Waals surface area contributed by atoms with Crippen LogP contribution in [0.5, 0.6) is 0 Å². The summed E-state index contributed by atoms with van der Waals surface area (Å²) in [6.07, 6.45) is 3.24. The molecule has 0 radical (unpaired) electrons. The lowest BCUT2D eigenvalue weighted by Gasteiger charge is -2.24. The highest BCUT2D eigenvalue weighted by atomic mass is 35.5. The summed E-state index contributed by atoms with van der Waals surface area (Å²) < 4.78 is 0. The van der Waals surface area contributed by atoms with Gasteiger partial charge in [-0.1, -0.05) is 23.7 Å². The Hall–Kier alpha value is -1.06. The molecule has 1 N–H and O–H groups in total. The van der Waals surface area contributed by atoms with Gasteiger partial charge in [0.25, 0.3) is 0 Å². The Bertz CT molecular complexity index is 446. The van der Waals surface area contributed by atoms with Crippen LogP contribution in [0, 0.1) is 5.92 Å². The Kier molecular flexibility index (Phi) is 5.44. The number of nitrogens with zero attached hydrogens (tertiary/aromatic N) is 1. The standard InChI is InChI=1S/C16H22ClNO2/c1-12(10-13-2-5-15(17)6-3-13)18-9-8-14(11-18)4-7-16(19)20/h2-3,5-6,12,14H,4,7-11H2,1H3,(H,19,20). The molecule has 0 aliphatic carbocycles. The highest BCUT2D eigenvalue weighted by Crippen LogP contribution is 2.24. The fourth-order valence-corrected chi connectivity index (χ4v) is 3.04. The number of hydrogen-bond acceptors (Lipinski definition) is 2. The van der Waals surface area contributed by atoms with Gasteiger partial charge >= 0.3 is 5.97 Å². The van der Waals surface area contributed by atoms with Gasteiger partial charge in [-0.05, 0) is 56.3 Å². The maximum atomic E-state index is 10.6. The van der Waals surface area contributed by atoms with Gasteiger partial charge < -0.3 is 10.0 Å². The maximum Gasteiger partial charge on any atom is 0.303 e. The largest absolute Gasteiger partial charge is 0.481 e. The Morgan fingerprint density at radius 1 is 1.45 bits per heavy atom. The molecule has 0 saturated carbocycles. The lowest BCUT2D eigenvalue weighted by molar-refractivity contribution is -0.137. The SMILES string of the molecule is CC(Cc1ccc(Cl)cc1)N1CCC(CCC(=O)O)C1.